The molecule has 2 heteroatoms. The number of hydrogen-bond acceptors (Lipinski definition) is 2. The molecule has 19 heavy (non-hydrogen) atoms. The van der Waals surface area contributed by atoms with Gasteiger partial charge < -0.3 is 5.32 Å². The average molecular weight is 266 g/mol. The van der Waals surface area contributed by atoms with Gasteiger partial charge in [0.15, 0.2) is 0 Å². The maximum Gasteiger partial charge on any atom is 0.0249 e. The lowest BCUT2D eigenvalue weighted by Gasteiger charge is -2.32. The van der Waals surface area contributed by atoms with Crippen LogP contribution >= 0.6 is 0 Å². The van der Waals surface area contributed by atoms with E-state index in [1.165, 1.54) is 64.6 Å². The van der Waals surface area contributed by atoms with E-state index in [1.807, 2.05) is 0 Å². The van der Waals surface area contributed by atoms with Gasteiger partial charge in [-0.05, 0) is 70.0 Å². The number of nitrogens with zero attached hydrogens (tertiary/aromatic N) is 1. The van der Waals surface area contributed by atoms with Crippen molar-refractivity contribution in [2.75, 3.05) is 19.6 Å². The minimum absolute atomic E-state index is 0.774. The molecule has 0 amide bonds. The highest BCUT2D eigenvalue weighted by Crippen LogP contribution is 2.30. The van der Waals surface area contributed by atoms with Crippen LogP contribution in [0.15, 0.2) is 0 Å². The van der Waals surface area contributed by atoms with Gasteiger partial charge in [0.25, 0.3) is 0 Å². The van der Waals surface area contributed by atoms with E-state index < -0.39 is 0 Å². The summed E-state index contributed by atoms with van der Waals surface area (Å²) < 4.78 is 0. The Morgan fingerprint density at radius 1 is 1.05 bits per heavy atom. The molecule has 2 aliphatic rings. The lowest BCUT2D eigenvalue weighted by Crippen LogP contribution is -2.47. The van der Waals surface area contributed by atoms with E-state index in [-0.39, 0.29) is 0 Å². The average Bonchev–Trinajstić information content (AvgIpc) is 2.71. The molecule has 0 aromatic rings. The highest BCUT2D eigenvalue weighted by Gasteiger charge is 2.32. The van der Waals surface area contributed by atoms with Crippen LogP contribution in [-0.2, 0) is 0 Å². The summed E-state index contributed by atoms with van der Waals surface area (Å²) in [7, 11) is 0. The number of likely N-dealkylation sites (tertiary alicyclic amines) is 1. The van der Waals surface area contributed by atoms with Crippen LogP contribution in [0.4, 0.5) is 0 Å². The van der Waals surface area contributed by atoms with Crippen molar-refractivity contribution in [1.29, 1.82) is 0 Å². The Morgan fingerprint density at radius 3 is 2.63 bits per heavy atom. The molecule has 1 saturated heterocycles. The molecule has 2 nitrogen and oxygen atoms in total. The molecule has 0 radical (unpaired) electrons. The van der Waals surface area contributed by atoms with Crippen LogP contribution in [0, 0.1) is 11.8 Å². The van der Waals surface area contributed by atoms with Gasteiger partial charge in [-0.3, -0.25) is 4.90 Å². The van der Waals surface area contributed by atoms with Crippen molar-refractivity contribution in [2.45, 2.75) is 77.8 Å². The van der Waals surface area contributed by atoms with Gasteiger partial charge in [-0.1, -0.05) is 27.2 Å². The van der Waals surface area contributed by atoms with Crippen LogP contribution in [0.2, 0.25) is 0 Å². The van der Waals surface area contributed by atoms with Gasteiger partial charge in [0.05, 0.1) is 0 Å². The lowest BCUT2D eigenvalue weighted by molar-refractivity contribution is 0.174. The summed E-state index contributed by atoms with van der Waals surface area (Å²) in [5.41, 5.74) is 0. The molecular formula is C17H34N2. The fourth-order valence-corrected chi connectivity index (χ4v) is 4.09. The summed E-state index contributed by atoms with van der Waals surface area (Å²) >= 11 is 0. The van der Waals surface area contributed by atoms with E-state index in [1.54, 1.807) is 0 Å². The Labute approximate surface area is 120 Å². The van der Waals surface area contributed by atoms with Gasteiger partial charge in [-0.15, -0.1) is 0 Å². The lowest BCUT2D eigenvalue weighted by atomic mass is 9.89. The zero-order valence-corrected chi connectivity index (χ0v) is 13.3. The minimum Gasteiger partial charge on any atom is -0.312 e. The molecule has 2 fully saturated rings. The normalized spacial score (nSPS) is 33.8. The van der Waals surface area contributed by atoms with Crippen LogP contribution in [0.3, 0.4) is 0 Å². The van der Waals surface area contributed by atoms with Gasteiger partial charge in [0, 0.05) is 12.1 Å². The van der Waals surface area contributed by atoms with Crippen molar-refractivity contribution in [3.05, 3.63) is 0 Å². The van der Waals surface area contributed by atoms with E-state index in [4.69, 9.17) is 0 Å². The van der Waals surface area contributed by atoms with E-state index in [0.29, 0.717) is 0 Å². The molecular weight excluding hydrogens is 232 g/mol. The third-order valence-corrected chi connectivity index (χ3v) is 5.36. The second-order valence-electron chi connectivity index (χ2n) is 7.03. The van der Waals surface area contributed by atoms with Crippen LogP contribution in [-0.4, -0.2) is 36.6 Å². The largest absolute Gasteiger partial charge is 0.312 e. The SMILES string of the molecule is CCCNC1CCCC1N1CCCC(C(C)C)CC1. The molecule has 3 unspecified atom stereocenters. The quantitative estimate of drug-likeness (QED) is 0.817. The minimum atomic E-state index is 0.774. The molecule has 1 aliphatic carbocycles. The molecule has 0 spiro atoms. The number of nitrogens with one attached hydrogen (secondary N) is 1. The Kier molecular flexibility index (Phi) is 6.15. The van der Waals surface area contributed by atoms with Gasteiger partial charge in [0.1, 0.15) is 0 Å². The predicted octanol–water partition coefficient (Wildman–Crippen LogP) is 3.67. The second kappa shape index (κ2) is 7.64. The van der Waals surface area contributed by atoms with Gasteiger partial charge in [0.2, 0.25) is 0 Å². The van der Waals surface area contributed by atoms with Crippen LogP contribution < -0.4 is 5.32 Å². The molecule has 1 heterocycles. The molecule has 0 aromatic carbocycles. The van der Waals surface area contributed by atoms with Crippen molar-refractivity contribution in [3.63, 3.8) is 0 Å². The summed E-state index contributed by atoms with van der Waals surface area (Å²) in [5.74, 6) is 1.84. The summed E-state index contributed by atoms with van der Waals surface area (Å²) in [5, 5.41) is 3.79. The van der Waals surface area contributed by atoms with Gasteiger partial charge in [-0.2, -0.15) is 0 Å². The molecule has 0 bridgehead atoms. The first-order chi connectivity index (χ1) is 9.22. The third-order valence-electron chi connectivity index (χ3n) is 5.36. The number of rotatable bonds is 5. The van der Waals surface area contributed by atoms with Crippen molar-refractivity contribution < 1.29 is 0 Å². The van der Waals surface area contributed by atoms with E-state index >= 15 is 0 Å². The first kappa shape index (κ1) is 15.3. The van der Waals surface area contributed by atoms with E-state index in [2.05, 4.69) is 31.0 Å². The summed E-state index contributed by atoms with van der Waals surface area (Å²) in [6, 6.07) is 1.60. The Hall–Kier alpha value is -0.0800. The van der Waals surface area contributed by atoms with E-state index in [0.717, 1.165) is 23.9 Å². The van der Waals surface area contributed by atoms with Crippen LogP contribution in [0.1, 0.15) is 65.7 Å². The van der Waals surface area contributed by atoms with Crippen molar-refractivity contribution in [2.24, 2.45) is 11.8 Å². The monoisotopic (exact) mass is 266 g/mol. The third kappa shape index (κ3) is 4.19. The maximum absolute atomic E-state index is 3.79. The Bertz CT molecular complexity index is 252. The zero-order valence-electron chi connectivity index (χ0n) is 13.3. The summed E-state index contributed by atoms with van der Waals surface area (Å²) in [6.07, 6.45) is 9.81. The zero-order chi connectivity index (χ0) is 13.7. The van der Waals surface area contributed by atoms with E-state index in [9.17, 15) is 0 Å². The summed E-state index contributed by atoms with van der Waals surface area (Å²) in [4.78, 5) is 2.82. The molecule has 1 saturated carbocycles. The molecule has 1 N–H and O–H groups in total. The maximum atomic E-state index is 3.79. The second-order valence-corrected chi connectivity index (χ2v) is 7.03. The predicted molar refractivity (Wildman–Crippen MR) is 83.5 cm³/mol. The van der Waals surface area contributed by atoms with Crippen molar-refractivity contribution in [1.82, 2.24) is 10.2 Å². The van der Waals surface area contributed by atoms with Crippen LogP contribution in [0.25, 0.3) is 0 Å². The van der Waals surface area contributed by atoms with Gasteiger partial charge >= 0.3 is 0 Å². The smallest absolute Gasteiger partial charge is 0.0249 e. The standard InChI is InChI=1S/C17H34N2/c1-4-11-18-16-8-5-9-17(16)19-12-6-7-15(10-13-19)14(2)3/h14-18H,4-13H2,1-3H3. The van der Waals surface area contributed by atoms with Gasteiger partial charge in [-0.25, -0.2) is 0 Å². The first-order valence-corrected chi connectivity index (χ1v) is 8.69. The fraction of sp³-hybridized carbons (Fsp3) is 1.00. The first-order valence-electron chi connectivity index (χ1n) is 8.69. The summed E-state index contributed by atoms with van der Waals surface area (Å²) in [6.45, 7) is 11.0. The Morgan fingerprint density at radius 2 is 1.89 bits per heavy atom. The molecule has 3 atom stereocenters. The fourth-order valence-electron chi connectivity index (χ4n) is 4.09. The van der Waals surface area contributed by atoms with Crippen LogP contribution in [0.5, 0.6) is 0 Å². The molecule has 112 valence electrons. The topological polar surface area (TPSA) is 15.3 Å². The highest BCUT2D eigenvalue weighted by molar-refractivity contribution is 4.91. The van der Waals surface area contributed by atoms with Crippen molar-refractivity contribution >= 4 is 0 Å². The molecule has 1 aliphatic heterocycles. The highest BCUT2D eigenvalue weighted by atomic mass is 15.2. The Balaban J connectivity index is 1.86. The molecule has 0 aromatic heterocycles. The van der Waals surface area contributed by atoms with Crippen molar-refractivity contribution in [3.8, 4) is 0 Å². The number of hydrogen-bond donors (Lipinski definition) is 1. The molecule has 2 rings (SSSR count).